The van der Waals surface area contributed by atoms with Crippen LogP contribution in [0.5, 0.6) is 0 Å². The van der Waals surface area contributed by atoms with Gasteiger partial charge in [0.05, 0.1) is 12.4 Å². The monoisotopic (exact) mass is 224 g/mol. The first-order valence-electron chi connectivity index (χ1n) is 3.20. The summed E-state index contributed by atoms with van der Waals surface area (Å²) in [6.07, 6.45) is 0.434. The molecule has 0 bridgehead atoms. The van der Waals surface area contributed by atoms with Crippen LogP contribution < -0.4 is 0 Å². The first-order valence-corrected chi connectivity index (χ1v) is 5.96. The van der Waals surface area contributed by atoms with Crippen LogP contribution in [0.1, 0.15) is 6.42 Å². The first kappa shape index (κ1) is 15.7. The molecule has 0 amide bonds. The molecule has 0 saturated carbocycles. The minimum atomic E-state index is -3.79. The molecular weight excluding hydrogens is 211 g/mol. The second kappa shape index (κ2) is 8.80. The SMILES string of the molecule is O=S(=O)(O)CCCSCCO.[NaH]. The quantitative estimate of drug-likeness (QED) is 0.356. The molecule has 0 saturated heterocycles. The molecule has 0 aliphatic heterocycles. The van der Waals surface area contributed by atoms with E-state index in [4.69, 9.17) is 9.66 Å². The summed E-state index contributed by atoms with van der Waals surface area (Å²) in [5, 5.41) is 8.34. The van der Waals surface area contributed by atoms with Crippen molar-refractivity contribution in [1.29, 1.82) is 0 Å². The van der Waals surface area contributed by atoms with Crippen LogP contribution in [-0.4, -0.2) is 71.5 Å². The summed E-state index contributed by atoms with van der Waals surface area (Å²) in [5.41, 5.74) is 0. The molecule has 0 radical (unpaired) electrons. The zero-order valence-electron chi connectivity index (χ0n) is 6.06. The molecule has 4 nitrogen and oxygen atoms in total. The van der Waals surface area contributed by atoms with Gasteiger partial charge in [-0.25, -0.2) is 0 Å². The van der Waals surface area contributed by atoms with Gasteiger partial charge in [0, 0.05) is 5.75 Å². The van der Waals surface area contributed by atoms with Crippen molar-refractivity contribution in [2.75, 3.05) is 23.9 Å². The van der Waals surface area contributed by atoms with Crippen molar-refractivity contribution in [3.63, 3.8) is 0 Å². The van der Waals surface area contributed by atoms with E-state index < -0.39 is 10.1 Å². The summed E-state index contributed by atoms with van der Waals surface area (Å²) in [6.45, 7) is 0.108. The maximum atomic E-state index is 10.2. The number of hydrogen-bond donors (Lipinski definition) is 2. The maximum absolute atomic E-state index is 10.2. The first-order chi connectivity index (χ1) is 5.06. The van der Waals surface area contributed by atoms with Crippen molar-refractivity contribution in [3.05, 3.63) is 0 Å². The van der Waals surface area contributed by atoms with Crippen molar-refractivity contribution in [1.82, 2.24) is 0 Å². The Bertz CT molecular complexity index is 180. The molecule has 2 N–H and O–H groups in total. The van der Waals surface area contributed by atoms with Crippen LogP contribution in [0.25, 0.3) is 0 Å². The molecule has 12 heavy (non-hydrogen) atoms. The van der Waals surface area contributed by atoms with Crippen LogP contribution in [-0.2, 0) is 10.1 Å². The topological polar surface area (TPSA) is 74.6 Å². The number of aliphatic hydroxyl groups is 1. The molecular formula is C5H13NaO4S2. The van der Waals surface area contributed by atoms with E-state index in [1.165, 1.54) is 11.8 Å². The second-order valence-corrected chi connectivity index (χ2v) is 4.77. The van der Waals surface area contributed by atoms with E-state index in [1.807, 2.05) is 0 Å². The molecule has 70 valence electrons. The van der Waals surface area contributed by atoms with Gasteiger partial charge in [-0.15, -0.1) is 0 Å². The fourth-order valence-corrected chi connectivity index (χ4v) is 1.88. The molecule has 0 heterocycles. The normalized spacial score (nSPS) is 10.8. The zero-order valence-corrected chi connectivity index (χ0v) is 7.70. The molecule has 0 fully saturated rings. The summed E-state index contributed by atoms with van der Waals surface area (Å²) in [5.74, 6) is 1.08. The van der Waals surface area contributed by atoms with Crippen LogP contribution in [0.15, 0.2) is 0 Å². The van der Waals surface area contributed by atoms with Gasteiger partial charge in [-0.1, -0.05) is 0 Å². The van der Waals surface area contributed by atoms with Crippen molar-refractivity contribution < 1.29 is 18.1 Å². The van der Waals surface area contributed by atoms with Gasteiger partial charge in [-0.2, -0.15) is 20.2 Å². The summed E-state index contributed by atoms with van der Waals surface area (Å²) in [7, 11) is -3.79. The van der Waals surface area contributed by atoms with E-state index in [0.717, 1.165) is 0 Å². The zero-order chi connectivity index (χ0) is 8.74. The van der Waals surface area contributed by atoms with Gasteiger partial charge in [-0.05, 0) is 12.2 Å². The Balaban J connectivity index is 0. The molecule has 0 spiro atoms. The Labute approximate surface area is 99.2 Å². The minimum absolute atomic E-state index is 0. The average Bonchev–Trinajstić information content (AvgIpc) is 1.85. The van der Waals surface area contributed by atoms with Crippen LogP contribution in [0.4, 0.5) is 0 Å². The van der Waals surface area contributed by atoms with Gasteiger partial charge in [-0.3, -0.25) is 4.55 Å². The number of thioether (sulfide) groups is 1. The van der Waals surface area contributed by atoms with Crippen LogP contribution in [0, 0.1) is 0 Å². The third kappa shape index (κ3) is 13.8. The predicted molar refractivity (Wildman–Crippen MR) is 52.6 cm³/mol. The Morgan fingerprint density at radius 2 is 1.83 bits per heavy atom. The second-order valence-electron chi connectivity index (χ2n) is 1.98. The van der Waals surface area contributed by atoms with Crippen molar-refractivity contribution in [2.24, 2.45) is 0 Å². The fourth-order valence-electron chi connectivity index (χ4n) is 0.510. The van der Waals surface area contributed by atoms with E-state index in [1.54, 1.807) is 0 Å². The molecule has 0 aliphatic carbocycles. The van der Waals surface area contributed by atoms with Gasteiger partial charge in [0.15, 0.2) is 0 Å². The van der Waals surface area contributed by atoms with Crippen molar-refractivity contribution in [2.45, 2.75) is 6.42 Å². The Kier molecular flexibility index (Phi) is 11.5. The van der Waals surface area contributed by atoms with Crippen LogP contribution in [0.2, 0.25) is 0 Å². The van der Waals surface area contributed by atoms with E-state index in [9.17, 15) is 8.42 Å². The van der Waals surface area contributed by atoms with E-state index in [2.05, 4.69) is 0 Å². The van der Waals surface area contributed by atoms with E-state index in [-0.39, 0.29) is 41.9 Å². The van der Waals surface area contributed by atoms with Crippen LogP contribution >= 0.6 is 11.8 Å². The number of aliphatic hydroxyl groups excluding tert-OH is 1. The van der Waals surface area contributed by atoms with Gasteiger partial charge in [0.25, 0.3) is 10.1 Å². The van der Waals surface area contributed by atoms with E-state index in [0.29, 0.717) is 17.9 Å². The molecule has 0 unspecified atom stereocenters. The van der Waals surface area contributed by atoms with Crippen molar-refractivity contribution in [3.8, 4) is 0 Å². The molecule has 0 aromatic carbocycles. The Morgan fingerprint density at radius 1 is 1.25 bits per heavy atom. The molecule has 0 aromatic rings. The summed E-state index contributed by atoms with van der Waals surface area (Å²) < 4.78 is 28.6. The van der Waals surface area contributed by atoms with Gasteiger partial charge in [0.1, 0.15) is 0 Å². The number of hydrogen-bond acceptors (Lipinski definition) is 4. The predicted octanol–water partition coefficient (Wildman–Crippen LogP) is -0.659. The average molecular weight is 224 g/mol. The van der Waals surface area contributed by atoms with E-state index >= 15 is 0 Å². The molecule has 0 aromatic heterocycles. The Morgan fingerprint density at radius 3 is 2.25 bits per heavy atom. The number of rotatable bonds is 6. The summed E-state index contributed by atoms with van der Waals surface area (Å²) in [6, 6.07) is 0. The third-order valence-electron chi connectivity index (χ3n) is 0.927. The van der Waals surface area contributed by atoms with Gasteiger partial charge < -0.3 is 5.11 Å². The molecule has 0 rings (SSSR count). The van der Waals surface area contributed by atoms with Gasteiger partial charge in [0.2, 0.25) is 0 Å². The van der Waals surface area contributed by atoms with Gasteiger partial charge >= 0.3 is 29.6 Å². The molecule has 0 aliphatic rings. The third-order valence-corrected chi connectivity index (χ3v) is 2.78. The summed E-state index contributed by atoms with van der Waals surface area (Å²) >= 11 is 1.47. The van der Waals surface area contributed by atoms with Crippen molar-refractivity contribution >= 4 is 51.4 Å². The van der Waals surface area contributed by atoms with Crippen LogP contribution in [0.3, 0.4) is 0 Å². The fraction of sp³-hybridized carbons (Fsp3) is 1.00. The molecule has 0 atom stereocenters. The molecule has 7 heteroatoms. The Hall–Kier alpha value is 1.22. The standard InChI is InChI=1S/C5H12O4S2.Na.H/c6-2-4-10-3-1-5-11(7,8)9;;/h6H,1-5H2,(H,7,8,9);;. The summed E-state index contributed by atoms with van der Waals surface area (Å²) in [4.78, 5) is 0.